The Kier molecular flexibility index (Phi) is 4.69. The van der Waals surface area contributed by atoms with Gasteiger partial charge in [-0.1, -0.05) is 25.1 Å². The molecule has 0 aliphatic rings. The Hall–Kier alpha value is -1.65. The Labute approximate surface area is 92.4 Å². The topological polar surface area (TPSA) is 38.3 Å². The fourth-order valence-corrected chi connectivity index (χ4v) is 1.18. The molecule has 3 nitrogen and oxygen atoms in total. The number of ether oxygens (including phenoxy) is 1. The van der Waals surface area contributed by atoms with Crippen LogP contribution in [0.5, 0.6) is 5.75 Å². The van der Waals surface area contributed by atoms with Crippen LogP contribution in [0.4, 0.5) is 8.78 Å². The molecule has 0 heterocycles. The average Bonchev–Trinajstić information content (AvgIpc) is 2.26. The summed E-state index contributed by atoms with van der Waals surface area (Å²) in [5, 5.41) is 2.60. The molecule has 88 valence electrons. The van der Waals surface area contributed by atoms with Crippen LogP contribution in [0.15, 0.2) is 24.3 Å². The minimum absolute atomic E-state index is 0.0916. The molecule has 1 aromatic carbocycles. The minimum atomic E-state index is -2.86. The molecule has 0 radical (unpaired) electrons. The summed E-state index contributed by atoms with van der Waals surface area (Å²) in [5.41, 5.74) is 0.532. The van der Waals surface area contributed by atoms with E-state index in [2.05, 4.69) is 10.1 Å². The number of halogens is 2. The van der Waals surface area contributed by atoms with Crippen LogP contribution in [-0.4, -0.2) is 12.5 Å². The molecule has 0 unspecified atom stereocenters. The zero-order chi connectivity index (χ0) is 12.0. The zero-order valence-corrected chi connectivity index (χ0v) is 8.87. The monoisotopic (exact) mass is 229 g/mol. The summed E-state index contributed by atoms with van der Waals surface area (Å²) in [4.78, 5) is 11.0. The summed E-state index contributed by atoms with van der Waals surface area (Å²) >= 11 is 0. The smallest absolute Gasteiger partial charge is 0.387 e. The van der Waals surface area contributed by atoms with Gasteiger partial charge in [-0.15, -0.1) is 0 Å². The van der Waals surface area contributed by atoms with E-state index in [-0.39, 0.29) is 18.2 Å². The molecule has 0 spiro atoms. The van der Waals surface area contributed by atoms with Crippen LogP contribution >= 0.6 is 0 Å². The lowest BCUT2D eigenvalue weighted by molar-refractivity contribution is -0.120. The molecule has 0 aromatic heterocycles. The SMILES string of the molecule is CCC(=O)NCc1ccccc1OC(F)F. The number of para-hydroxylation sites is 1. The van der Waals surface area contributed by atoms with Crippen molar-refractivity contribution in [3.05, 3.63) is 29.8 Å². The Morgan fingerprint density at radius 1 is 1.44 bits per heavy atom. The fraction of sp³-hybridized carbons (Fsp3) is 0.364. The lowest BCUT2D eigenvalue weighted by Crippen LogP contribution is -2.22. The number of hydrogen-bond acceptors (Lipinski definition) is 2. The van der Waals surface area contributed by atoms with Crippen LogP contribution in [0, 0.1) is 0 Å². The number of carbonyl (C=O) groups excluding carboxylic acids is 1. The highest BCUT2D eigenvalue weighted by atomic mass is 19.3. The van der Waals surface area contributed by atoms with Gasteiger partial charge in [-0.05, 0) is 6.07 Å². The first-order valence-corrected chi connectivity index (χ1v) is 4.93. The standard InChI is InChI=1S/C11H13F2NO2/c1-2-10(15)14-7-8-5-3-4-6-9(8)16-11(12)13/h3-6,11H,2,7H2,1H3,(H,14,15). The summed E-state index contributed by atoms with van der Waals surface area (Å²) in [5.74, 6) is -0.0410. The van der Waals surface area contributed by atoms with Crippen molar-refractivity contribution in [2.75, 3.05) is 0 Å². The van der Waals surface area contributed by atoms with Gasteiger partial charge in [-0.25, -0.2) is 0 Å². The predicted octanol–water partition coefficient (Wildman–Crippen LogP) is 2.31. The largest absolute Gasteiger partial charge is 0.434 e. The Bertz CT molecular complexity index is 356. The van der Waals surface area contributed by atoms with E-state index in [9.17, 15) is 13.6 Å². The first-order valence-electron chi connectivity index (χ1n) is 4.93. The van der Waals surface area contributed by atoms with Gasteiger partial charge in [0, 0.05) is 18.5 Å². The second kappa shape index (κ2) is 6.05. The minimum Gasteiger partial charge on any atom is -0.434 e. The van der Waals surface area contributed by atoms with Gasteiger partial charge in [0.05, 0.1) is 0 Å². The second-order valence-corrected chi connectivity index (χ2v) is 3.12. The van der Waals surface area contributed by atoms with Crippen molar-refractivity contribution >= 4 is 5.91 Å². The second-order valence-electron chi connectivity index (χ2n) is 3.12. The highest BCUT2D eigenvalue weighted by Crippen LogP contribution is 2.19. The normalized spacial score (nSPS) is 10.2. The third-order valence-corrected chi connectivity index (χ3v) is 1.99. The van der Waals surface area contributed by atoms with Gasteiger partial charge in [0.2, 0.25) is 5.91 Å². The zero-order valence-electron chi connectivity index (χ0n) is 8.87. The van der Waals surface area contributed by atoms with E-state index in [0.717, 1.165) is 0 Å². The fourth-order valence-electron chi connectivity index (χ4n) is 1.18. The van der Waals surface area contributed by atoms with E-state index < -0.39 is 6.61 Å². The van der Waals surface area contributed by atoms with Gasteiger partial charge in [0.25, 0.3) is 0 Å². The number of nitrogens with one attached hydrogen (secondary N) is 1. The van der Waals surface area contributed by atoms with Crippen molar-refractivity contribution < 1.29 is 18.3 Å². The molecular formula is C11H13F2NO2. The summed E-state index contributed by atoms with van der Waals surface area (Å²) < 4.78 is 28.4. The maximum absolute atomic E-state index is 12.1. The van der Waals surface area contributed by atoms with E-state index in [0.29, 0.717) is 12.0 Å². The van der Waals surface area contributed by atoms with Crippen LogP contribution in [0.3, 0.4) is 0 Å². The van der Waals surface area contributed by atoms with Crippen LogP contribution in [0.25, 0.3) is 0 Å². The molecule has 0 saturated carbocycles. The van der Waals surface area contributed by atoms with Crippen molar-refractivity contribution in [2.45, 2.75) is 26.5 Å². The summed E-state index contributed by atoms with van der Waals surface area (Å²) in [6.07, 6.45) is 0.359. The van der Waals surface area contributed by atoms with Crippen molar-refractivity contribution in [1.82, 2.24) is 5.32 Å². The van der Waals surface area contributed by atoms with Crippen molar-refractivity contribution in [2.24, 2.45) is 0 Å². The number of rotatable bonds is 5. The predicted molar refractivity (Wildman–Crippen MR) is 55.2 cm³/mol. The van der Waals surface area contributed by atoms with Crippen molar-refractivity contribution in [3.63, 3.8) is 0 Å². The van der Waals surface area contributed by atoms with E-state index in [1.165, 1.54) is 6.07 Å². The van der Waals surface area contributed by atoms with E-state index in [4.69, 9.17) is 0 Å². The van der Waals surface area contributed by atoms with Crippen LogP contribution in [0.1, 0.15) is 18.9 Å². The molecule has 5 heteroatoms. The van der Waals surface area contributed by atoms with Gasteiger partial charge in [-0.3, -0.25) is 4.79 Å². The quantitative estimate of drug-likeness (QED) is 0.841. The van der Waals surface area contributed by atoms with Gasteiger partial charge in [0.15, 0.2) is 0 Å². The van der Waals surface area contributed by atoms with Crippen molar-refractivity contribution in [1.29, 1.82) is 0 Å². The van der Waals surface area contributed by atoms with Gasteiger partial charge in [-0.2, -0.15) is 8.78 Å². The summed E-state index contributed by atoms with van der Waals surface area (Å²) in [7, 11) is 0. The first kappa shape index (κ1) is 12.4. The maximum Gasteiger partial charge on any atom is 0.387 e. The van der Waals surface area contributed by atoms with Crippen molar-refractivity contribution in [3.8, 4) is 5.75 Å². The highest BCUT2D eigenvalue weighted by Gasteiger charge is 2.09. The summed E-state index contributed by atoms with van der Waals surface area (Å²) in [6, 6.07) is 6.38. The van der Waals surface area contributed by atoms with Crippen LogP contribution < -0.4 is 10.1 Å². The number of alkyl halides is 2. The number of carbonyl (C=O) groups is 1. The average molecular weight is 229 g/mol. The lowest BCUT2D eigenvalue weighted by atomic mass is 10.2. The Morgan fingerprint density at radius 3 is 2.75 bits per heavy atom. The molecule has 1 rings (SSSR count). The lowest BCUT2D eigenvalue weighted by Gasteiger charge is -2.10. The maximum atomic E-state index is 12.1. The van der Waals surface area contributed by atoms with Gasteiger partial charge < -0.3 is 10.1 Å². The number of amides is 1. The van der Waals surface area contributed by atoms with E-state index >= 15 is 0 Å². The molecule has 0 fully saturated rings. The molecule has 0 atom stereocenters. The highest BCUT2D eigenvalue weighted by molar-refractivity contribution is 5.75. The Balaban J connectivity index is 2.67. The molecule has 1 amide bonds. The molecule has 16 heavy (non-hydrogen) atoms. The molecule has 0 saturated heterocycles. The molecule has 1 aromatic rings. The van der Waals surface area contributed by atoms with Gasteiger partial charge >= 0.3 is 6.61 Å². The molecule has 1 N–H and O–H groups in total. The third kappa shape index (κ3) is 3.84. The van der Waals surface area contributed by atoms with E-state index in [1.54, 1.807) is 25.1 Å². The molecule has 0 aliphatic carbocycles. The van der Waals surface area contributed by atoms with Gasteiger partial charge in [0.1, 0.15) is 5.75 Å². The molecular weight excluding hydrogens is 216 g/mol. The van der Waals surface area contributed by atoms with Crippen LogP contribution in [-0.2, 0) is 11.3 Å². The van der Waals surface area contributed by atoms with E-state index in [1.807, 2.05) is 0 Å². The Morgan fingerprint density at radius 2 is 2.12 bits per heavy atom. The van der Waals surface area contributed by atoms with Crippen LogP contribution in [0.2, 0.25) is 0 Å². The number of hydrogen-bond donors (Lipinski definition) is 1. The third-order valence-electron chi connectivity index (χ3n) is 1.99. The first-order chi connectivity index (χ1) is 7.63. The summed E-state index contributed by atoms with van der Waals surface area (Å²) in [6.45, 7) is -0.949. The molecule has 0 aliphatic heterocycles. The number of benzene rings is 1. The molecule has 0 bridgehead atoms.